The highest BCUT2D eigenvalue weighted by Gasteiger charge is 2.13. The lowest BCUT2D eigenvalue weighted by molar-refractivity contribution is 0.474. The van der Waals surface area contributed by atoms with Crippen LogP contribution < -0.4 is 5.32 Å². The van der Waals surface area contributed by atoms with E-state index in [0.29, 0.717) is 0 Å². The molecule has 1 unspecified atom stereocenters. The first-order chi connectivity index (χ1) is 9.38. The highest BCUT2D eigenvalue weighted by molar-refractivity contribution is 5.90. The predicted octanol–water partition coefficient (Wildman–Crippen LogP) is 4.39. The van der Waals surface area contributed by atoms with Crippen LogP contribution in [0.1, 0.15) is 25.1 Å². The zero-order valence-corrected chi connectivity index (χ0v) is 10.8. The monoisotopic (exact) mass is 252 g/mol. The number of furan rings is 1. The fraction of sp³-hybridized carbons (Fsp3) is 0.188. The SMILES string of the molecule is CCC(Nc1cccc2cccnc12)c1ccco1. The number of fused-ring (bicyclic) bond motifs is 1. The standard InChI is InChI=1S/C16H16N2O/c1-2-13(15-9-5-11-19-15)18-14-8-3-6-12-7-4-10-17-16(12)14/h3-11,13,18H,2H2,1H3. The molecule has 2 heterocycles. The van der Waals surface area contributed by atoms with Crippen LogP contribution in [-0.4, -0.2) is 4.98 Å². The minimum absolute atomic E-state index is 0.169. The number of nitrogens with zero attached hydrogens (tertiary/aromatic N) is 1. The van der Waals surface area contributed by atoms with Crippen molar-refractivity contribution in [2.24, 2.45) is 0 Å². The van der Waals surface area contributed by atoms with Crippen LogP contribution in [0.3, 0.4) is 0 Å². The molecule has 0 saturated carbocycles. The van der Waals surface area contributed by atoms with Gasteiger partial charge in [0.2, 0.25) is 0 Å². The fourth-order valence-corrected chi connectivity index (χ4v) is 2.27. The lowest BCUT2D eigenvalue weighted by atomic mass is 10.1. The molecule has 19 heavy (non-hydrogen) atoms. The van der Waals surface area contributed by atoms with E-state index in [4.69, 9.17) is 4.42 Å². The van der Waals surface area contributed by atoms with Crippen LogP contribution in [0, 0.1) is 0 Å². The summed E-state index contributed by atoms with van der Waals surface area (Å²) in [6.45, 7) is 2.14. The molecule has 0 radical (unpaired) electrons. The molecule has 0 aliphatic rings. The summed E-state index contributed by atoms with van der Waals surface area (Å²) in [7, 11) is 0. The zero-order chi connectivity index (χ0) is 13.1. The van der Waals surface area contributed by atoms with E-state index in [0.717, 1.165) is 28.8 Å². The number of hydrogen-bond acceptors (Lipinski definition) is 3. The summed E-state index contributed by atoms with van der Waals surface area (Å²) in [5, 5.41) is 4.66. The number of nitrogens with one attached hydrogen (secondary N) is 1. The van der Waals surface area contributed by atoms with Crippen LogP contribution >= 0.6 is 0 Å². The number of hydrogen-bond donors (Lipinski definition) is 1. The Bertz CT molecular complexity index is 656. The van der Waals surface area contributed by atoms with Gasteiger partial charge in [-0.05, 0) is 30.7 Å². The summed E-state index contributed by atoms with van der Waals surface area (Å²) in [6, 6.07) is 14.3. The van der Waals surface area contributed by atoms with Gasteiger partial charge in [0.05, 0.1) is 23.5 Å². The summed E-state index contributed by atoms with van der Waals surface area (Å²) >= 11 is 0. The molecule has 96 valence electrons. The zero-order valence-electron chi connectivity index (χ0n) is 10.8. The first kappa shape index (κ1) is 11.8. The molecule has 3 heteroatoms. The maximum absolute atomic E-state index is 5.49. The van der Waals surface area contributed by atoms with Crippen molar-refractivity contribution in [3.63, 3.8) is 0 Å². The van der Waals surface area contributed by atoms with Gasteiger partial charge in [-0.3, -0.25) is 4.98 Å². The minimum Gasteiger partial charge on any atom is -0.467 e. The topological polar surface area (TPSA) is 38.1 Å². The average molecular weight is 252 g/mol. The highest BCUT2D eigenvalue weighted by atomic mass is 16.3. The van der Waals surface area contributed by atoms with Gasteiger partial charge in [0.25, 0.3) is 0 Å². The van der Waals surface area contributed by atoms with Gasteiger partial charge >= 0.3 is 0 Å². The lowest BCUT2D eigenvalue weighted by Crippen LogP contribution is -2.09. The third-order valence-corrected chi connectivity index (χ3v) is 3.26. The summed E-state index contributed by atoms with van der Waals surface area (Å²) in [6.07, 6.45) is 4.49. The quantitative estimate of drug-likeness (QED) is 0.748. The third kappa shape index (κ3) is 2.32. The molecule has 2 aromatic heterocycles. The molecule has 3 rings (SSSR count). The second-order valence-corrected chi connectivity index (χ2v) is 4.50. The molecule has 0 fully saturated rings. The second kappa shape index (κ2) is 5.14. The lowest BCUT2D eigenvalue weighted by Gasteiger charge is -2.17. The van der Waals surface area contributed by atoms with Crippen molar-refractivity contribution in [1.29, 1.82) is 0 Å². The summed E-state index contributed by atoms with van der Waals surface area (Å²) in [5.74, 6) is 0.954. The van der Waals surface area contributed by atoms with Crippen molar-refractivity contribution in [2.45, 2.75) is 19.4 Å². The van der Waals surface area contributed by atoms with Crippen molar-refractivity contribution in [3.05, 3.63) is 60.7 Å². The maximum atomic E-state index is 5.49. The smallest absolute Gasteiger partial charge is 0.125 e. The van der Waals surface area contributed by atoms with E-state index < -0.39 is 0 Å². The number of para-hydroxylation sites is 1. The van der Waals surface area contributed by atoms with Gasteiger partial charge in [0, 0.05) is 11.6 Å². The average Bonchev–Trinajstić information content (AvgIpc) is 2.99. The van der Waals surface area contributed by atoms with E-state index in [-0.39, 0.29) is 6.04 Å². The van der Waals surface area contributed by atoms with Gasteiger partial charge in [0.15, 0.2) is 0 Å². The number of benzene rings is 1. The van der Waals surface area contributed by atoms with Crippen LogP contribution in [0.15, 0.2) is 59.3 Å². The van der Waals surface area contributed by atoms with E-state index in [2.05, 4.69) is 35.4 Å². The Labute approximate surface area is 112 Å². The molecular formula is C16H16N2O. The Kier molecular flexibility index (Phi) is 3.19. The predicted molar refractivity (Wildman–Crippen MR) is 77.1 cm³/mol. The van der Waals surface area contributed by atoms with Gasteiger partial charge in [-0.15, -0.1) is 0 Å². The molecule has 1 atom stereocenters. The van der Waals surface area contributed by atoms with Crippen molar-refractivity contribution >= 4 is 16.6 Å². The van der Waals surface area contributed by atoms with Gasteiger partial charge in [-0.1, -0.05) is 25.1 Å². The molecule has 0 spiro atoms. The molecule has 3 nitrogen and oxygen atoms in total. The van der Waals surface area contributed by atoms with Crippen LogP contribution in [0.2, 0.25) is 0 Å². The van der Waals surface area contributed by atoms with Crippen LogP contribution in [0.25, 0.3) is 10.9 Å². The molecule has 0 amide bonds. The first-order valence-electron chi connectivity index (χ1n) is 6.52. The molecule has 3 aromatic rings. The Morgan fingerprint density at radius 3 is 2.84 bits per heavy atom. The van der Waals surface area contributed by atoms with Crippen LogP contribution in [-0.2, 0) is 0 Å². The Hall–Kier alpha value is -2.29. The van der Waals surface area contributed by atoms with Crippen molar-refractivity contribution in [3.8, 4) is 0 Å². The molecule has 0 bridgehead atoms. The van der Waals surface area contributed by atoms with E-state index in [1.54, 1.807) is 6.26 Å². The number of anilines is 1. The Balaban J connectivity index is 1.96. The van der Waals surface area contributed by atoms with Gasteiger partial charge in [-0.25, -0.2) is 0 Å². The molecule has 0 aliphatic heterocycles. The van der Waals surface area contributed by atoms with Crippen LogP contribution in [0.5, 0.6) is 0 Å². The molecule has 1 N–H and O–H groups in total. The number of aromatic nitrogens is 1. The summed E-state index contributed by atoms with van der Waals surface area (Å²) in [5.41, 5.74) is 2.04. The fourth-order valence-electron chi connectivity index (χ4n) is 2.27. The number of rotatable bonds is 4. The summed E-state index contributed by atoms with van der Waals surface area (Å²) in [4.78, 5) is 4.46. The van der Waals surface area contributed by atoms with Gasteiger partial charge < -0.3 is 9.73 Å². The van der Waals surface area contributed by atoms with Gasteiger partial charge in [0.1, 0.15) is 5.76 Å². The Morgan fingerprint density at radius 1 is 1.16 bits per heavy atom. The number of pyridine rings is 1. The normalized spacial score (nSPS) is 12.5. The van der Waals surface area contributed by atoms with E-state index in [1.807, 2.05) is 30.5 Å². The molecule has 0 saturated heterocycles. The second-order valence-electron chi connectivity index (χ2n) is 4.50. The minimum atomic E-state index is 0.169. The van der Waals surface area contributed by atoms with Crippen LogP contribution in [0.4, 0.5) is 5.69 Å². The largest absolute Gasteiger partial charge is 0.467 e. The third-order valence-electron chi connectivity index (χ3n) is 3.26. The van der Waals surface area contributed by atoms with E-state index in [9.17, 15) is 0 Å². The van der Waals surface area contributed by atoms with Crippen molar-refractivity contribution < 1.29 is 4.42 Å². The molecular weight excluding hydrogens is 236 g/mol. The van der Waals surface area contributed by atoms with Crippen molar-refractivity contribution in [2.75, 3.05) is 5.32 Å². The highest BCUT2D eigenvalue weighted by Crippen LogP contribution is 2.27. The molecule has 0 aliphatic carbocycles. The van der Waals surface area contributed by atoms with Crippen molar-refractivity contribution in [1.82, 2.24) is 4.98 Å². The van der Waals surface area contributed by atoms with Gasteiger partial charge in [-0.2, -0.15) is 0 Å². The first-order valence-corrected chi connectivity index (χ1v) is 6.52. The summed E-state index contributed by atoms with van der Waals surface area (Å²) < 4.78 is 5.49. The van der Waals surface area contributed by atoms with E-state index >= 15 is 0 Å². The maximum Gasteiger partial charge on any atom is 0.125 e. The Morgan fingerprint density at radius 2 is 2.05 bits per heavy atom. The van der Waals surface area contributed by atoms with E-state index in [1.165, 1.54) is 0 Å². The molecule has 1 aromatic carbocycles.